The molecule has 0 radical (unpaired) electrons. The third-order valence-electron chi connectivity index (χ3n) is 2.33. The predicted molar refractivity (Wildman–Crippen MR) is 56.7 cm³/mol. The summed E-state index contributed by atoms with van der Waals surface area (Å²) < 4.78 is 4.35. The molecule has 0 aliphatic carbocycles. The second-order valence-electron chi connectivity index (χ2n) is 3.54. The summed E-state index contributed by atoms with van der Waals surface area (Å²) in [6, 6.07) is 3.34. The molecule has 88 valence electrons. The van der Waals surface area contributed by atoms with Crippen molar-refractivity contribution in [1.82, 2.24) is 4.98 Å². The Morgan fingerprint density at radius 2 is 2.00 bits per heavy atom. The van der Waals surface area contributed by atoms with Crippen LogP contribution in [-0.2, 0) is 9.53 Å². The van der Waals surface area contributed by atoms with Crippen molar-refractivity contribution < 1.29 is 19.7 Å². The van der Waals surface area contributed by atoms with Gasteiger partial charge in [-0.25, -0.2) is 4.79 Å². The number of nitrogens with zero attached hydrogens (tertiary/aromatic N) is 1. The lowest BCUT2D eigenvalue weighted by Crippen LogP contribution is -2.29. The number of hydrogen-bond donors (Lipinski definition) is 2. The molecule has 0 aromatic carbocycles. The Morgan fingerprint density at radius 3 is 2.50 bits per heavy atom. The van der Waals surface area contributed by atoms with Crippen molar-refractivity contribution in [2.24, 2.45) is 0 Å². The molecule has 16 heavy (non-hydrogen) atoms. The Kier molecular flexibility index (Phi) is 3.98. The van der Waals surface area contributed by atoms with Crippen molar-refractivity contribution in [3.63, 3.8) is 0 Å². The molecule has 0 amide bonds. The van der Waals surface area contributed by atoms with E-state index >= 15 is 0 Å². The number of aliphatic hydroxyl groups is 2. The molecule has 0 fully saturated rings. The van der Waals surface area contributed by atoms with Crippen molar-refractivity contribution in [3.8, 4) is 0 Å². The maximum Gasteiger partial charge on any atom is 0.337 e. The first-order valence-corrected chi connectivity index (χ1v) is 4.85. The van der Waals surface area contributed by atoms with Crippen LogP contribution >= 0.6 is 0 Å². The third kappa shape index (κ3) is 2.56. The second-order valence-corrected chi connectivity index (χ2v) is 3.54. The van der Waals surface area contributed by atoms with Gasteiger partial charge >= 0.3 is 5.97 Å². The van der Waals surface area contributed by atoms with Gasteiger partial charge in [-0.3, -0.25) is 4.98 Å². The quantitative estimate of drug-likeness (QED) is 0.721. The van der Waals surface area contributed by atoms with Gasteiger partial charge in [0.1, 0.15) is 6.10 Å². The number of methoxy groups -OCH3 is 1. The maximum absolute atomic E-state index is 11.1. The van der Waals surface area contributed by atoms with Gasteiger partial charge in [-0.15, -0.1) is 0 Å². The van der Waals surface area contributed by atoms with Gasteiger partial charge < -0.3 is 14.9 Å². The highest BCUT2D eigenvalue weighted by Crippen LogP contribution is 2.20. The molecule has 0 spiro atoms. The summed E-state index contributed by atoms with van der Waals surface area (Å²) in [6.45, 7) is 3.52. The molecule has 5 heteroatoms. The smallest absolute Gasteiger partial charge is 0.337 e. The molecule has 0 bridgehead atoms. The minimum atomic E-state index is -1.59. The lowest BCUT2D eigenvalue weighted by Gasteiger charge is -2.17. The number of aliphatic hydroxyl groups excluding tert-OH is 2. The number of aromatic nitrogens is 1. The summed E-state index contributed by atoms with van der Waals surface area (Å²) in [5.74, 6) is -0.868. The van der Waals surface area contributed by atoms with E-state index in [1.807, 2.05) is 6.92 Å². The standard InChI is InChI=1S/C11H15NO4/c1-6-4-5-8(7(2)12-6)9(13)10(14)11(15)16-3/h4-5,9-10,13-14H,1-3H3. The van der Waals surface area contributed by atoms with Crippen LogP contribution in [0.5, 0.6) is 0 Å². The number of carbonyl (C=O) groups excluding carboxylic acids is 1. The third-order valence-corrected chi connectivity index (χ3v) is 2.33. The van der Waals surface area contributed by atoms with Gasteiger partial charge in [-0.2, -0.15) is 0 Å². The van der Waals surface area contributed by atoms with Gasteiger partial charge in [0.05, 0.1) is 7.11 Å². The van der Waals surface area contributed by atoms with Crippen molar-refractivity contribution in [3.05, 3.63) is 29.1 Å². The number of carbonyl (C=O) groups is 1. The van der Waals surface area contributed by atoms with Gasteiger partial charge in [-0.1, -0.05) is 6.07 Å². The zero-order valence-corrected chi connectivity index (χ0v) is 9.47. The topological polar surface area (TPSA) is 79.7 Å². The van der Waals surface area contributed by atoms with Crippen molar-refractivity contribution in [1.29, 1.82) is 0 Å². The highest BCUT2D eigenvalue weighted by Gasteiger charge is 2.27. The molecule has 2 atom stereocenters. The molecular weight excluding hydrogens is 210 g/mol. The van der Waals surface area contributed by atoms with Crippen LogP contribution in [0.2, 0.25) is 0 Å². The zero-order chi connectivity index (χ0) is 12.3. The Balaban J connectivity index is 2.96. The number of rotatable bonds is 3. The van der Waals surface area contributed by atoms with E-state index in [0.29, 0.717) is 11.3 Å². The van der Waals surface area contributed by atoms with E-state index in [9.17, 15) is 15.0 Å². The normalized spacial score (nSPS) is 14.3. The summed E-state index contributed by atoms with van der Waals surface area (Å²) in [5.41, 5.74) is 1.81. The van der Waals surface area contributed by atoms with Gasteiger partial charge in [0.25, 0.3) is 0 Å². The summed E-state index contributed by atoms with van der Waals surface area (Å²) >= 11 is 0. The average molecular weight is 225 g/mol. The van der Waals surface area contributed by atoms with Crippen LogP contribution in [0.1, 0.15) is 23.1 Å². The van der Waals surface area contributed by atoms with E-state index in [1.165, 1.54) is 0 Å². The lowest BCUT2D eigenvalue weighted by atomic mass is 10.0. The van der Waals surface area contributed by atoms with E-state index in [4.69, 9.17) is 0 Å². The first-order chi connectivity index (χ1) is 7.47. The molecule has 1 rings (SSSR count). The van der Waals surface area contributed by atoms with Crippen molar-refractivity contribution in [2.45, 2.75) is 26.1 Å². The van der Waals surface area contributed by atoms with Gasteiger partial charge in [-0.05, 0) is 19.9 Å². The fourth-order valence-corrected chi connectivity index (χ4v) is 1.43. The molecule has 0 aliphatic heterocycles. The van der Waals surface area contributed by atoms with Gasteiger partial charge in [0.15, 0.2) is 6.10 Å². The van der Waals surface area contributed by atoms with Crippen LogP contribution in [0.4, 0.5) is 0 Å². The molecule has 0 saturated carbocycles. The van der Waals surface area contributed by atoms with E-state index < -0.39 is 18.2 Å². The van der Waals surface area contributed by atoms with E-state index in [2.05, 4.69) is 9.72 Å². The first-order valence-electron chi connectivity index (χ1n) is 4.85. The Labute approximate surface area is 93.7 Å². The van der Waals surface area contributed by atoms with E-state index in [1.54, 1.807) is 19.1 Å². The predicted octanol–water partition coefficient (Wildman–Crippen LogP) is 0.266. The van der Waals surface area contributed by atoms with Crippen LogP contribution in [0.25, 0.3) is 0 Å². The Morgan fingerprint density at radius 1 is 1.38 bits per heavy atom. The fraction of sp³-hybridized carbons (Fsp3) is 0.455. The summed E-state index contributed by atoms with van der Waals surface area (Å²) in [4.78, 5) is 15.2. The monoisotopic (exact) mass is 225 g/mol. The van der Waals surface area contributed by atoms with Gasteiger partial charge in [0.2, 0.25) is 0 Å². The highest BCUT2D eigenvalue weighted by atomic mass is 16.5. The van der Waals surface area contributed by atoms with E-state index in [-0.39, 0.29) is 0 Å². The van der Waals surface area contributed by atoms with Crippen LogP contribution in [-0.4, -0.2) is 34.4 Å². The molecule has 1 aromatic heterocycles. The number of ether oxygens (including phenoxy) is 1. The molecule has 0 saturated heterocycles. The van der Waals surface area contributed by atoms with Crippen molar-refractivity contribution in [2.75, 3.05) is 7.11 Å². The Bertz CT molecular complexity index is 392. The zero-order valence-electron chi connectivity index (χ0n) is 9.47. The fourth-order valence-electron chi connectivity index (χ4n) is 1.43. The van der Waals surface area contributed by atoms with Crippen molar-refractivity contribution >= 4 is 5.97 Å². The maximum atomic E-state index is 11.1. The molecule has 2 N–H and O–H groups in total. The number of hydrogen-bond acceptors (Lipinski definition) is 5. The van der Waals surface area contributed by atoms with Crippen LogP contribution in [0.15, 0.2) is 12.1 Å². The lowest BCUT2D eigenvalue weighted by molar-refractivity contribution is -0.156. The molecule has 1 heterocycles. The van der Waals surface area contributed by atoms with Crippen LogP contribution < -0.4 is 0 Å². The van der Waals surface area contributed by atoms with Crippen LogP contribution in [0, 0.1) is 13.8 Å². The minimum absolute atomic E-state index is 0.420. The van der Waals surface area contributed by atoms with Gasteiger partial charge in [0, 0.05) is 17.0 Å². The molecule has 2 unspecified atom stereocenters. The molecule has 5 nitrogen and oxygen atoms in total. The largest absolute Gasteiger partial charge is 0.467 e. The molecule has 0 aliphatic rings. The summed E-state index contributed by atoms with van der Waals surface area (Å²) in [7, 11) is 1.15. The van der Waals surface area contributed by atoms with E-state index in [0.717, 1.165) is 12.8 Å². The summed E-state index contributed by atoms with van der Waals surface area (Å²) in [6.07, 6.45) is -2.91. The SMILES string of the molecule is COC(=O)C(O)C(O)c1ccc(C)nc1C. The highest BCUT2D eigenvalue weighted by molar-refractivity contribution is 5.75. The van der Waals surface area contributed by atoms with Crippen LogP contribution in [0.3, 0.4) is 0 Å². The average Bonchev–Trinajstić information content (AvgIpc) is 2.26. The number of esters is 1. The number of aryl methyl sites for hydroxylation is 2. The number of pyridine rings is 1. The second kappa shape index (κ2) is 5.05. The minimum Gasteiger partial charge on any atom is -0.467 e. The summed E-state index contributed by atoms with van der Waals surface area (Å²) in [5, 5.41) is 19.3. The molecular formula is C11H15NO4. The molecule has 1 aromatic rings. The first kappa shape index (κ1) is 12.6. The Hall–Kier alpha value is -1.46.